The lowest BCUT2D eigenvalue weighted by Crippen LogP contribution is -2.18. The average molecular weight is 379 g/mol. The summed E-state index contributed by atoms with van der Waals surface area (Å²) < 4.78 is 16.6. The number of ether oxygens (including phenoxy) is 2. The molecule has 1 aromatic heterocycles. The van der Waals surface area contributed by atoms with Crippen LogP contribution in [0.25, 0.3) is 11.1 Å². The molecule has 0 saturated heterocycles. The van der Waals surface area contributed by atoms with Crippen molar-refractivity contribution in [2.75, 3.05) is 13.7 Å². The summed E-state index contributed by atoms with van der Waals surface area (Å²) in [5.41, 5.74) is 3.14. The minimum absolute atomic E-state index is 0.333. The van der Waals surface area contributed by atoms with Crippen LogP contribution in [-0.4, -0.2) is 24.7 Å². The number of carbonyl (C=O) groups excluding carboxylic acids is 1. The topological polar surface area (TPSA) is 61.6 Å². The Morgan fingerprint density at radius 3 is 2.64 bits per heavy atom. The number of hydrogen-bond donors (Lipinski definition) is 0. The van der Waals surface area contributed by atoms with E-state index in [2.05, 4.69) is 17.1 Å². The van der Waals surface area contributed by atoms with E-state index in [-0.39, 0.29) is 5.97 Å². The molecule has 28 heavy (non-hydrogen) atoms. The number of benzene rings is 2. The maximum atomic E-state index is 11.7. The lowest BCUT2D eigenvalue weighted by Gasteiger charge is -2.26. The van der Waals surface area contributed by atoms with Crippen LogP contribution in [0.4, 0.5) is 0 Å². The maximum Gasteiger partial charge on any atom is 0.337 e. The van der Waals surface area contributed by atoms with Crippen LogP contribution in [0, 0.1) is 5.92 Å². The molecule has 0 N–H and O–H groups in total. The number of rotatable bonds is 6. The highest BCUT2D eigenvalue weighted by molar-refractivity contribution is 5.93. The SMILES string of the molecule is COC(=O)c1ccc2oc([C@H]3CC[C@H](COCc4ccccc4)CC3)nc2c1. The molecule has 1 aliphatic carbocycles. The van der Waals surface area contributed by atoms with Crippen LogP contribution in [0.5, 0.6) is 0 Å². The lowest BCUT2D eigenvalue weighted by molar-refractivity contribution is 0.0601. The molecule has 1 aliphatic rings. The third-order valence-electron chi connectivity index (χ3n) is 5.49. The molecule has 0 radical (unpaired) electrons. The van der Waals surface area contributed by atoms with Gasteiger partial charge in [-0.05, 0) is 55.4 Å². The summed E-state index contributed by atoms with van der Waals surface area (Å²) in [7, 11) is 1.38. The van der Waals surface area contributed by atoms with Crippen molar-refractivity contribution in [3.05, 3.63) is 65.5 Å². The Morgan fingerprint density at radius 1 is 1.11 bits per heavy atom. The van der Waals surface area contributed by atoms with E-state index in [4.69, 9.17) is 13.9 Å². The molecule has 3 aromatic rings. The molecular formula is C23H25NO4. The zero-order valence-corrected chi connectivity index (χ0v) is 16.1. The van der Waals surface area contributed by atoms with Gasteiger partial charge in [0.1, 0.15) is 5.52 Å². The normalized spacial score (nSPS) is 19.6. The Kier molecular flexibility index (Phi) is 5.72. The second-order valence-corrected chi connectivity index (χ2v) is 7.44. The molecule has 2 aromatic carbocycles. The van der Waals surface area contributed by atoms with Gasteiger partial charge in [0.05, 0.1) is 19.3 Å². The zero-order valence-electron chi connectivity index (χ0n) is 16.1. The van der Waals surface area contributed by atoms with Crippen LogP contribution in [0.2, 0.25) is 0 Å². The Morgan fingerprint density at radius 2 is 1.89 bits per heavy atom. The molecule has 4 rings (SSSR count). The van der Waals surface area contributed by atoms with Crippen molar-refractivity contribution >= 4 is 17.1 Å². The van der Waals surface area contributed by atoms with Crippen molar-refractivity contribution in [2.45, 2.75) is 38.2 Å². The maximum absolute atomic E-state index is 11.7. The largest absolute Gasteiger partial charge is 0.465 e. The summed E-state index contributed by atoms with van der Waals surface area (Å²) in [6.07, 6.45) is 4.34. The number of esters is 1. The summed E-state index contributed by atoms with van der Waals surface area (Å²) in [6.45, 7) is 1.48. The molecule has 1 fully saturated rings. The first kappa shape index (κ1) is 18.7. The van der Waals surface area contributed by atoms with Gasteiger partial charge in [0.25, 0.3) is 0 Å². The number of nitrogens with zero attached hydrogens (tertiary/aromatic N) is 1. The quantitative estimate of drug-likeness (QED) is 0.557. The highest BCUT2D eigenvalue weighted by Gasteiger charge is 2.26. The van der Waals surface area contributed by atoms with Crippen molar-refractivity contribution < 1.29 is 18.7 Å². The molecule has 0 spiro atoms. The second kappa shape index (κ2) is 8.57. The first-order valence-electron chi connectivity index (χ1n) is 9.83. The molecule has 5 heteroatoms. The highest BCUT2D eigenvalue weighted by Crippen LogP contribution is 2.36. The fraction of sp³-hybridized carbons (Fsp3) is 0.391. The van der Waals surface area contributed by atoms with Crippen LogP contribution in [0.15, 0.2) is 52.9 Å². The first-order valence-corrected chi connectivity index (χ1v) is 9.83. The van der Waals surface area contributed by atoms with Gasteiger partial charge in [0, 0.05) is 12.5 Å². The number of methoxy groups -OCH3 is 1. The Labute approximate surface area is 164 Å². The second-order valence-electron chi connectivity index (χ2n) is 7.44. The monoisotopic (exact) mass is 379 g/mol. The third kappa shape index (κ3) is 4.25. The number of carbonyl (C=O) groups is 1. The van der Waals surface area contributed by atoms with E-state index in [0.717, 1.165) is 43.8 Å². The molecular weight excluding hydrogens is 354 g/mol. The van der Waals surface area contributed by atoms with Crippen molar-refractivity contribution in [3.8, 4) is 0 Å². The minimum atomic E-state index is -0.359. The van der Waals surface area contributed by atoms with Crippen LogP contribution < -0.4 is 0 Å². The summed E-state index contributed by atoms with van der Waals surface area (Å²) in [6, 6.07) is 15.5. The van der Waals surface area contributed by atoms with Gasteiger partial charge < -0.3 is 13.9 Å². The molecule has 146 valence electrons. The molecule has 0 unspecified atom stereocenters. The Bertz CT molecular complexity index is 926. The third-order valence-corrected chi connectivity index (χ3v) is 5.49. The minimum Gasteiger partial charge on any atom is -0.465 e. The molecule has 0 aliphatic heterocycles. The Balaban J connectivity index is 1.31. The van der Waals surface area contributed by atoms with Crippen LogP contribution in [0.1, 0.15) is 53.4 Å². The fourth-order valence-electron chi connectivity index (χ4n) is 3.86. The number of fused-ring (bicyclic) bond motifs is 1. The van der Waals surface area contributed by atoms with E-state index in [0.29, 0.717) is 29.5 Å². The molecule has 1 saturated carbocycles. The van der Waals surface area contributed by atoms with Gasteiger partial charge in [0.2, 0.25) is 0 Å². The summed E-state index contributed by atoms with van der Waals surface area (Å²) in [4.78, 5) is 16.3. The number of aromatic nitrogens is 1. The fourth-order valence-corrected chi connectivity index (χ4v) is 3.86. The van der Waals surface area contributed by atoms with Crippen molar-refractivity contribution in [1.82, 2.24) is 4.98 Å². The van der Waals surface area contributed by atoms with Gasteiger partial charge in [0.15, 0.2) is 11.5 Å². The average Bonchev–Trinajstić information content (AvgIpc) is 3.18. The van der Waals surface area contributed by atoms with Crippen molar-refractivity contribution in [2.24, 2.45) is 5.92 Å². The van der Waals surface area contributed by atoms with E-state index >= 15 is 0 Å². The van der Waals surface area contributed by atoms with Gasteiger partial charge >= 0.3 is 5.97 Å². The predicted octanol–water partition coefficient (Wildman–Crippen LogP) is 5.11. The van der Waals surface area contributed by atoms with Crippen molar-refractivity contribution in [3.63, 3.8) is 0 Å². The van der Waals surface area contributed by atoms with Gasteiger partial charge in [-0.1, -0.05) is 30.3 Å². The molecule has 0 bridgehead atoms. The lowest BCUT2D eigenvalue weighted by atomic mass is 9.82. The summed E-state index contributed by atoms with van der Waals surface area (Å²) in [5.74, 6) is 1.35. The van der Waals surface area contributed by atoms with Gasteiger partial charge in [-0.15, -0.1) is 0 Å². The van der Waals surface area contributed by atoms with Gasteiger partial charge in [-0.3, -0.25) is 0 Å². The predicted molar refractivity (Wildman–Crippen MR) is 106 cm³/mol. The smallest absolute Gasteiger partial charge is 0.337 e. The van der Waals surface area contributed by atoms with E-state index in [1.807, 2.05) is 18.2 Å². The molecule has 1 heterocycles. The van der Waals surface area contributed by atoms with Crippen LogP contribution in [0.3, 0.4) is 0 Å². The first-order chi connectivity index (χ1) is 13.7. The number of oxazole rings is 1. The van der Waals surface area contributed by atoms with Crippen molar-refractivity contribution in [1.29, 1.82) is 0 Å². The van der Waals surface area contributed by atoms with Gasteiger partial charge in [-0.2, -0.15) is 0 Å². The number of hydrogen-bond acceptors (Lipinski definition) is 5. The summed E-state index contributed by atoms with van der Waals surface area (Å²) in [5, 5.41) is 0. The Hall–Kier alpha value is -2.66. The van der Waals surface area contributed by atoms with E-state index in [1.165, 1.54) is 12.7 Å². The van der Waals surface area contributed by atoms with E-state index < -0.39 is 0 Å². The van der Waals surface area contributed by atoms with E-state index in [1.54, 1.807) is 18.2 Å². The highest BCUT2D eigenvalue weighted by atomic mass is 16.5. The standard InChI is InChI=1S/C23H25NO4/c1-26-23(25)19-11-12-21-20(13-19)24-22(28-21)18-9-7-17(8-10-18)15-27-14-16-5-3-2-4-6-16/h2-6,11-13,17-18H,7-10,14-15H2,1H3/t17-,18-. The molecule has 5 nitrogen and oxygen atoms in total. The molecule has 0 atom stereocenters. The van der Waals surface area contributed by atoms with Crippen LogP contribution >= 0.6 is 0 Å². The van der Waals surface area contributed by atoms with Gasteiger partial charge in [-0.25, -0.2) is 9.78 Å². The summed E-state index contributed by atoms with van der Waals surface area (Å²) >= 11 is 0. The van der Waals surface area contributed by atoms with E-state index in [9.17, 15) is 4.79 Å². The van der Waals surface area contributed by atoms with Crippen LogP contribution in [-0.2, 0) is 16.1 Å². The molecule has 0 amide bonds. The zero-order chi connectivity index (χ0) is 19.3.